The minimum Gasteiger partial charge on any atom is -0.339 e. The molecule has 0 radical (unpaired) electrons. The summed E-state index contributed by atoms with van der Waals surface area (Å²) >= 11 is 0. The highest BCUT2D eigenvalue weighted by atomic mass is 19.4. The van der Waals surface area contributed by atoms with Gasteiger partial charge in [-0.1, -0.05) is 0 Å². The first-order valence-electron chi connectivity index (χ1n) is 8.38. The van der Waals surface area contributed by atoms with Crippen LogP contribution in [0.25, 0.3) is 10.9 Å². The fourth-order valence-electron chi connectivity index (χ4n) is 3.12. The molecule has 8 nitrogen and oxygen atoms in total. The van der Waals surface area contributed by atoms with Crippen molar-refractivity contribution in [1.82, 2.24) is 14.1 Å². The molecule has 0 fully saturated rings. The number of ketones is 1. The van der Waals surface area contributed by atoms with Crippen LogP contribution >= 0.6 is 0 Å². The van der Waals surface area contributed by atoms with Gasteiger partial charge in [-0.2, -0.15) is 13.2 Å². The van der Waals surface area contributed by atoms with Crippen molar-refractivity contribution in [1.29, 1.82) is 0 Å². The molecule has 3 aromatic rings. The topological polar surface area (TPSA) is 100 Å². The van der Waals surface area contributed by atoms with Gasteiger partial charge in [0.25, 0.3) is 11.2 Å². The number of carbonyl (C=O) groups is 1. The molecule has 0 aliphatic carbocycles. The van der Waals surface area contributed by atoms with Crippen molar-refractivity contribution in [2.45, 2.75) is 33.1 Å². The van der Waals surface area contributed by atoms with Crippen LogP contribution in [0.5, 0.6) is 0 Å². The first kappa shape index (κ1) is 20.2. The lowest BCUT2D eigenvalue weighted by atomic mass is 10.1. The van der Waals surface area contributed by atoms with E-state index in [0.717, 1.165) is 21.5 Å². The molecule has 0 bridgehead atoms. The number of carbonyl (C=O) groups excluding carboxylic acids is 1. The number of Topliss-reactive ketones (excluding diaryl/α,β-unsaturated/α-hetero) is 1. The molecule has 11 heteroatoms. The number of nitrogens with zero attached hydrogens (tertiary/aromatic N) is 4. The summed E-state index contributed by atoms with van der Waals surface area (Å²) in [6, 6.07) is 4.94. The van der Waals surface area contributed by atoms with E-state index in [9.17, 15) is 32.9 Å². The number of aromatic nitrogens is 3. The van der Waals surface area contributed by atoms with Crippen molar-refractivity contribution < 1.29 is 22.9 Å². The Balaban J connectivity index is 1.96. The van der Waals surface area contributed by atoms with E-state index >= 15 is 0 Å². The molecular weight excluding hydrogens is 393 g/mol. The van der Waals surface area contributed by atoms with Gasteiger partial charge in [0.05, 0.1) is 28.7 Å². The summed E-state index contributed by atoms with van der Waals surface area (Å²) in [4.78, 5) is 39.5. The SMILES string of the molecule is Cc1cc(C(=O)Cn2cnc3ccc([N+](=O)[O-])cc3c2=O)c(C)n1CC(F)(F)F. The van der Waals surface area contributed by atoms with Crippen molar-refractivity contribution in [3.05, 3.63) is 68.0 Å². The van der Waals surface area contributed by atoms with Crippen LogP contribution in [0.3, 0.4) is 0 Å². The molecule has 0 N–H and O–H groups in total. The van der Waals surface area contributed by atoms with Gasteiger partial charge in [-0.25, -0.2) is 4.98 Å². The summed E-state index contributed by atoms with van der Waals surface area (Å²) in [5.41, 5.74) is -0.247. The van der Waals surface area contributed by atoms with Gasteiger partial charge in [0.15, 0.2) is 5.78 Å². The Morgan fingerprint density at radius 1 is 1.24 bits per heavy atom. The van der Waals surface area contributed by atoms with Crippen LogP contribution in [0.4, 0.5) is 18.9 Å². The number of halogens is 3. The Labute approximate surface area is 161 Å². The highest BCUT2D eigenvalue weighted by molar-refractivity contribution is 5.97. The second kappa shape index (κ2) is 7.15. The van der Waals surface area contributed by atoms with Gasteiger partial charge in [-0.15, -0.1) is 0 Å². The molecule has 3 rings (SSSR count). The summed E-state index contributed by atoms with van der Waals surface area (Å²) < 4.78 is 40.2. The Bertz CT molecular complexity index is 1190. The van der Waals surface area contributed by atoms with Crippen LogP contribution < -0.4 is 5.56 Å². The number of non-ortho nitro benzene ring substituents is 1. The molecule has 0 saturated carbocycles. The predicted molar refractivity (Wildman–Crippen MR) is 96.9 cm³/mol. The molecule has 0 aliphatic heterocycles. The molecule has 152 valence electrons. The molecule has 2 heterocycles. The Morgan fingerprint density at radius 3 is 2.55 bits per heavy atom. The first-order chi connectivity index (χ1) is 13.5. The van der Waals surface area contributed by atoms with Crippen molar-refractivity contribution in [3.63, 3.8) is 0 Å². The lowest BCUT2D eigenvalue weighted by Crippen LogP contribution is -2.25. The number of fused-ring (bicyclic) bond motifs is 1. The standard InChI is InChI=1S/C18H15F3N4O4/c1-10-5-13(11(2)24(10)8-18(19,20)21)16(26)7-23-9-22-15-4-3-12(25(28)29)6-14(15)17(23)27/h3-6,9H,7-8H2,1-2H3. The van der Waals surface area contributed by atoms with Gasteiger partial charge in [0.1, 0.15) is 6.54 Å². The Kier molecular flexibility index (Phi) is 4.99. The predicted octanol–water partition coefficient (Wildman–Crippen LogP) is 3.17. The fourth-order valence-corrected chi connectivity index (χ4v) is 3.12. The van der Waals surface area contributed by atoms with E-state index in [1.807, 2.05) is 0 Å². The second-order valence-electron chi connectivity index (χ2n) is 6.55. The summed E-state index contributed by atoms with van der Waals surface area (Å²) in [7, 11) is 0. The highest BCUT2D eigenvalue weighted by Crippen LogP contribution is 2.23. The van der Waals surface area contributed by atoms with Gasteiger partial charge in [-0.3, -0.25) is 24.3 Å². The van der Waals surface area contributed by atoms with E-state index in [-0.39, 0.29) is 33.5 Å². The minimum atomic E-state index is -4.44. The number of rotatable bonds is 5. The summed E-state index contributed by atoms with van der Waals surface area (Å²) in [6.07, 6.45) is -3.31. The van der Waals surface area contributed by atoms with Crippen LogP contribution in [0, 0.1) is 24.0 Å². The van der Waals surface area contributed by atoms with E-state index in [4.69, 9.17) is 0 Å². The average molecular weight is 408 g/mol. The molecule has 0 aliphatic rings. The third kappa shape index (κ3) is 4.03. The third-order valence-electron chi connectivity index (χ3n) is 4.54. The fraction of sp³-hybridized carbons (Fsp3) is 0.278. The number of hydrogen-bond acceptors (Lipinski definition) is 5. The zero-order valence-electron chi connectivity index (χ0n) is 15.4. The normalized spacial score (nSPS) is 11.8. The lowest BCUT2D eigenvalue weighted by Gasteiger charge is -2.12. The van der Waals surface area contributed by atoms with Crippen LogP contribution in [0.15, 0.2) is 35.4 Å². The molecule has 2 aromatic heterocycles. The van der Waals surface area contributed by atoms with E-state index in [0.29, 0.717) is 0 Å². The van der Waals surface area contributed by atoms with Gasteiger partial charge in [-0.05, 0) is 26.0 Å². The number of nitro groups is 1. The monoisotopic (exact) mass is 408 g/mol. The van der Waals surface area contributed by atoms with Crippen LogP contribution in [-0.4, -0.2) is 31.0 Å². The van der Waals surface area contributed by atoms with E-state index < -0.39 is 35.5 Å². The molecule has 29 heavy (non-hydrogen) atoms. The quantitative estimate of drug-likeness (QED) is 0.367. The number of aryl methyl sites for hydroxylation is 1. The number of nitro benzene ring substituents is 1. The maximum absolute atomic E-state index is 12.7. The third-order valence-corrected chi connectivity index (χ3v) is 4.54. The van der Waals surface area contributed by atoms with Crippen molar-refractivity contribution in [3.8, 4) is 0 Å². The van der Waals surface area contributed by atoms with Gasteiger partial charge >= 0.3 is 6.18 Å². The molecule has 0 atom stereocenters. The number of alkyl halides is 3. The lowest BCUT2D eigenvalue weighted by molar-refractivity contribution is -0.384. The average Bonchev–Trinajstić information content (AvgIpc) is 2.90. The zero-order valence-corrected chi connectivity index (χ0v) is 15.4. The van der Waals surface area contributed by atoms with Crippen molar-refractivity contribution >= 4 is 22.4 Å². The molecule has 1 aromatic carbocycles. The van der Waals surface area contributed by atoms with Crippen LogP contribution in [0.2, 0.25) is 0 Å². The molecular formula is C18H15F3N4O4. The second-order valence-corrected chi connectivity index (χ2v) is 6.55. The number of benzene rings is 1. The van der Waals surface area contributed by atoms with E-state index in [1.54, 1.807) is 0 Å². The number of hydrogen-bond donors (Lipinski definition) is 0. The first-order valence-corrected chi connectivity index (χ1v) is 8.38. The van der Waals surface area contributed by atoms with Gasteiger partial charge in [0.2, 0.25) is 0 Å². The van der Waals surface area contributed by atoms with Crippen molar-refractivity contribution in [2.75, 3.05) is 0 Å². The Morgan fingerprint density at radius 2 is 1.93 bits per heavy atom. The van der Waals surface area contributed by atoms with Gasteiger partial charge < -0.3 is 4.57 Å². The minimum absolute atomic E-state index is 0.0305. The maximum Gasteiger partial charge on any atom is 0.406 e. The smallest absolute Gasteiger partial charge is 0.339 e. The van der Waals surface area contributed by atoms with E-state index in [1.165, 1.54) is 32.0 Å². The molecule has 0 saturated heterocycles. The zero-order chi connectivity index (χ0) is 21.5. The van der Waals surface area contributed by atoms with E-state index in [2.05, 4.69) is 4.98 Å². The molecule has 0 amide bonds. The van der Waals surface area contributed by atoms with Gasteiger partial charge in [0, 0.05) is 29.1 Å². The largest absolute Gasteiger partial charge is 0.406 e. The molecule has 0 unspecified atom stereocenters. The molecule has 0 spiro atoms. The maximum atomic E-state index is 12.7. The summed E-state index contributed by atoms with van der Waals surface area (Å²) in [5, 5.41) is 10.9. The highest BCUT2D eigenvalue weighted by Gasteiger charge is 2.30. The summed E-state index contributed by atoms with van der Waals surface area (Å²) in [6.45, 7) is 1.18. The Hall–Kier alpha value is -3.50. The van der Waals surface area contributed by atoms with Crippen LogP contribution in [-0.2, 0) is 13.1 Å². The van der Waals surface area contributed by atoms with Crippen LogP contribution in [0.1, 0.15) is 21.7 Å². The summed E-state index contributed by atoms with van der Waals surface area (Å²) in [5.74, 6) is -0.569. The van der Waals surface area contributed by atoms with Crippen molar-refractivity contribution in [2.24, 2.45) is 0 Å².